The highest BCUT2D eigenvalue weighted by molar-refractivity contribution is 5.85. The molecule has 5 rings (SSSR count). The van der Waals surface area contributed by atoms with Crippen LogP contribution in [0.25, 0.3) is 0 Å². The number of carbonyl (C=O) groups excluding carboxylic acids is 1. The molecular formula is C20H23N3O2. The Morgan fingerprint density at radius 2 is 2.00 bits per heavy atom. The molecule has 0 unspecified atom stereocenters. The maximum atomic E-state index is 13.3. The van der Waals surface area contributed by atoms with Crippen molar-refractivity contribution in [2.45, 2.75) is 62.8 Å². The SMILES string of the molecule is O=C([C@@H]1CCCc2ccccc21)N1CCC[C@@H]1c1noc(C2CC2)n1. The molecule has 0 spiro atoms. The highest BCUT2D eigenvalue weighted by Crippen LogP contribution is 2.41. The van der Waals surface area contributed by atoms with Gasteiger partial charge in [-0.15, -0.1) is 0 Å². The molecule has 5 nitrogen and oxygen atoms in total. The quantitative estimate of drug-likeness (QED) is 0.856. The third-order valence-electron chi connectivity index (χ3n) is 5.89. The zero-order valence-corrected chi connectivity index (χ0v) is 14.4. The fraction of sp³-hybridized carbons (Fsp3) is 0.550. The second kappa shape index (κ2) is 5.97. The number of aryl methyl sites for hydroxylation is 1. The fourth-order valence-electron chi connectivity index (χ4n) is 4.39. The smallest absolute Gasteiger partial charge is 0.230 e. The van der Waals surface area contributed by atoms with Gasteiger partial charge < -0.3 is 9.42 Å². The number of amides is 1. The average Bonchev–Trinajstić information content (AvgIpc) is 3.19. The number of hydrogen-bond donors (Lipinski definition) is 0. The van der Waals surface area contributed by atoms with Gasteiger partial charge in [-0.2, -0.15) is 4.98 Å². The molecule has 130 valence electrons. The van der Waals surface area contributed by atoms with Gasteiger partial charge in [-0.1, -0.05) is 29.4 Å². The molecule has 2 atom stereocenters. The van der Waals surface area contributed by atoms with Crippen LogP contribution in [-0.4, -0.2) is 27.5 Å². The molecule has 2 heterocycles. The van der Waals surface area contributed by atoms with E-state index in [1.54, 1.807) is 0 Å². The largest absolute Gasteiger partial charge is 0.339 e. The molecule has 2 fully saturated rings. The van der Waals surface area contributed by atoms with Gasteiger partial charge in [-0.05, 0) is 56.1 Å². The van der Waals surface area contributed by atoms with E-state index >= 15 is 0 Å². The Hall–Kier alpha value is -2.17. The van der Waals surface area contributed by atoms with Gasteiger partial charge in [0.1, 0.15) is 0 Å². The van der Waals surface area contributed by atoms with Crippen molar-refractivity contribution in [2.24, 2.45) is 0 Å². The van der Waals surface area contributed by atoms with Gasteiger partial charge in [0, 0.05) is 12.5 Å². The zero-order valence-electron chi connectivity index (χ0n) is 14.4. The first-order chi connectivity index (χ1) is 12.3. The number of carbonyl (C=O) groups is 1. The molecule has 1 aromatic heterocycles. The topological polar surface area (TPSA) is 59.2 Å². The van der Waals surface area contributed by atoms with Crippen molar-refractivity contribution < 1.29 is 9.32 Å². The number of fused-ring (bicyclic) bond motifs is 1. The monoisotopic (exact) mass is 337 g/mol. The van der Waals surface area contributed by atoms with E-state index in [4.69, 9.17) is 4.52 Å². The second-order valence-electron chi connectivity index (χ2n) is 7.60. The zero-order chi connectivity index (χ0) is 16.8. The van der Waals surface area contributed by atoms with Crippen LogP contribution >= 0.6 is 0 Å². The second-order valence-corrected chi connectivity index (χ2v) is 7.60. The Morgan fingerprint density at radius 3 is 2.88 bits per heavy atom. The minimum atomic E-state index is -0.0159. The van der Waals surface area contributed by atoms with E-state index < -0.39 is 0 Å². The van der Waals surface area contributed by atoms with E-state index in [2.05, 4.69) is 28.3 Å². The first-order valence-corrected chi connectivity index (χ1v) is 9.53. The van der Waals surface area contributed by atoms with E-state index in [0.717, 1.165) is 57.4 Å². The van der Waals surface area contributed by atoms with E-state index in [1.807, 2.05) is 11.0 Å². The normalized spacial score (nSPS) is 25.8. The first kappa shape index (κ1) is 15.1. The van der Waals surface area contributed by atoms with Crippen molar-refractivity contribution in [2.75, 3.05) is 6.54 Å². The fourth-order valence-corrected chi connectivity index (χ4v) is 4.39. The number of rotatable bonds is 3. The molecule has 0 bridgehead atoms. The van der Waals surface area contributed by atoms with Gasteiger partial charge >= 0.3 is 0 Å². The summed E-state index contributed by atoms with van der Waals surface area (Å²) in [5.41, 5.74) is 2.55. The third-order valence-corrected chi connectivity index (χ3v) is 5.89. The highest BCUT2D eigenvalue weighted by Gasteiger charge is 2.39. The number of hydrogen-bond acceptors (Lipinski definition) is 4. The van der Waals surface area contributed by atoms with Crippen molar-refractivity contribution in [1.29, 1.82) is 0 Å². The van der Waals surface area contributed by atoms with Gasteiger partial charge in [-0.25, -0.2) is 0 Å². The average molecular weight is 337 g/mol. The van der Waals surface area contributed by atoms with Crippen LogP contribution in [0, 0.1) is 0 Å². The van der Waals surface area contributed by atoms with Gasteiger partial charge in [0.2, 0.25) is 11.8 Å². The summed E-state index contributed by atoms with van der Waals surface area (Å²) in [6.07, 6.45) is 7.35. The predicted octanol–water partition coefficient (Wildman–Crippen LogP) is 3.73. The van der Waals surface area contributed by atoms with E-state index in [9.17, 15) is 4.79 Å². The molecular weight excluding hydrogens is 314 g/mol. The molecule has 2 aliphatic carbocycles. The summed E-state index contributed by atoms with van der Waals surface area (Å²) in [6.45, 7) is 0.801. The van der Waals surface area contributed by atoms with Crippen LogP contribution in [0.5, 0.6) is 0 Å². The summed E-state index contributed by atoms with van der Waals surface area (Å²) >= 11 is 0. The van der Waals surface area contributed by atoms with Crippen molar-refractivity contribution in [3.05, 3.63) is 47.1 Å². The summed E-state index contributed by atoms with van der Waals surface area (Å²) in [5, 5.41) is 4.20. The molecule has 1 saturated heterocycles. The van der Waals surface area contributed by atoms with Crippen molar-refractivity contribution in [1.82, 2.24) is 15.0 Å². The Balaban J connectivity index is 1.41. The Morgan fingerprint density at radius 1 is 1.12 bits per heavy atom. The number of aromatic nitrogens is 2. The van der Waals surface area contributed by atoms with Crippen LogP contribution in [0.15, 0.2) is 28.8 Å². The van der Waals surface area contributed by atoms with E-state index in [0.29, 0.717) is 11.7 Å². The number of benzene rings is 1. The van der Waals surface area contributed by atoms with Crippen LogP contribution in [0.3, 0.4) is 0 Å². The molecule has 1 aromatic carbocycles. The van der Waals surface area contributed by atoms with Crippen LogP contribution in [-0.2, 0) is 11.2 Å². The summed E-state index contributed by atoms with van der Waals surface area (Å²) in [4.78, 5) is 20.0. The molecule has 1 aliphatic heterocycles. The Bertz CT molecular complexity index is 796. The van der Waals surface area contributed by atoms with Gasteiger partial charge in [0.25, 0.3) is 0 Å². The third kappa shape index (κ3) is 2.66. The van der Waals surface area contributed by atoms with Gasteiger partial charge in [-0.3, -0.25) is 4.79 Å². The minimum Gasteiger partial charge on any atom is -0.339 e. The van der Waals surface area contributed by atoms with Crippen LogP contribution in [0.4, 0.5) is 0 Å². The summed E-state index contributed by atoms with van der Waals surface area (Å²) in [7, 11) is 0. The molecule has 0 radical (unpaired) electrons. The molecule has 0 N–H and O–H groups in total. The molecule has 2 aromatic rings. The summed E-state index contributed by atoms with van der Waals surface area (Å²) < 4.78 is 5.43. The predicted molar refractivity (Wildman–Crippen MR) is 92.1 cm³/mol. The Kier molecular flexibility index (Phi) is 3.61. The van der Waals surface area contributed by atoms with Gasteiger partial charge in [0.15, 0.2) is 5.82 Å². The Labute approximate surface area is 147 Å². The highest BCUT2D eigenvalue weighted by atomic mass is 16.5. The molecule has 5 heteroatoms. The van der Waals surface area contributed by atoms with Crippen LogP contribution in [0.1, 0.15) is 79.2 Å². The maximum absolute atomic E-state index is 13.3. The lowest BCUT2D eigenvalue weighted by atomic mass is 9.82. The van der Waals surface area contributed by atoms with E-state index in [1.165, 1.54) is 11.1 Å². The van der Waals surface area contributed by atoms with Crippen LogP contribution in [0.2, 0.25) is 0 Å². The number of nitrogens with zero attached hydrogens (tertiary/aromatic N) is 3. The lowest BCUT2D eigenvalue weighted by Gasteiger charge is -2.31. The van der Waals surface area contributed by atoms with E-state index in [-0.39, 0.29) is 17.9 Å². The lowest BCUT2D eigenvalue weighted by Crippen LogP contribution is -2.36. The first-order valence-electron chi connectivity index (χ1n) is 9.53. The number of likely N-dealkylation sites (tertiary alicyclic amines) is 1. The van der Waals surface area contributed by atoms with Crippen molar-refractivity contribution >= 4 is 5.91 Å². The van der Waals surface area contributed by atoms with Crippen molar-refractivity contribution in [3.63, 3.8) is 0 Å². The van der Waals surface area contributed by atoms with Gasteiger partial charge in [0.05, 0.1) is 12.0 Å². The summed E-state index contributed by atoms with van der Waals surface area (Å²) in [5.74, 6) is 2.15. The molecule has 3 aliphatic rings. The standard InChI is InChI=1S/C20H23N3O2/c24-20(16-8-3-6-13-5-1-2-7-15(13)16)23-12-4-9-17(23)18-21-19(25-22-18)14-10-11-14/h1-2,5,7,14,16-17H,3-4,6,8-12H2/t16-,17-/m1/s1. The molecule has 25 heavy (non-hydrogen) atoms. The minimum absolute atomic E-state index is 0.0136. The lowest BCUT2D eigenvalue weighted by molar-refractivity contribution is -0.134. The maximum Gasteiger partial charge on any atom is 0.230 e. The summed E-state index contributed by atoms with van der Waals surface area (Å²) in [6, 6.07) is 8.40. The molecule has 1 saturated carbocycles. The van der Waals surface area contributed by atoms with Crippen molar-refractivity contribution in [3.8, 4) is 0 Å². The van der Waals surface area contributed by atoms with Crippen LogP contribution < -0.4 is 0 Å². The molecule has 1 amide bonds.